The lowest BCUT2D eigenvalue weighted by Gasteiger charge is -2.39. The fourth-order valence-corrected chi connectivity index (χ4v) is 3.49. The molecule has 1 heterocycles. The molecule has 1 aliphatic heterocycles. The summed E-state index contributed by atoms with van der Waals surface area (Å²) in [6.45, 7) is 9.91. The van der Waals surface area contributed by atoms with Crippen LogP contribution in [0.15, 0.2) is 23.2 Å². The number of aryl methyl sites for hydroxylation is 1. The molecule has 2 N–H and O–H groups in total. The molecule has 0 saturated carbocycles. The Morgan fingerprint density at radius 1 is 1.27 bits per heavy atom. The number of hydrogen-bond acceptors (Lipinski definition) is 3. The van der Waals surface area contributed by atoms with Crippen LogP contribution in [0.2, 0.25) is 0 Å². The lowest BCUT2D eigenvalue weighted by atomic mass is 9.73. The Morgan fingerprint density at radius 3 is 2.62 bits per heavy atom. The Balaban J connectivity index is 2.16. The number of aliphatic imine (C=N–C) groups is 1. The molecular formula is C21H35N3O2. The average molecular weight is 362 g/mol. The van der Waals surface area contributed by atoms with Crippen molar-refractivity contribution >= 4 is 5.96 Å². The van der Waals surface area contributed by atoms with E-state index < -0.39 is 0 Å². The zero-order valence-electron chi connectivity index (χ0n) is 17.0. The van der Waals surface area contributed by atoms with E-state index in [4.69, 9.17) is 9.47 Å². The predicted molar refractivity (Wildman–Crippen MR) is 108 cm³/mol. The molecule has 0 atom stereocenters. The average Bonchev–Trinajstić information content (AvgIpc) is 2.65. The van der Waals surface area contributed by atoms with E-state index in [1.807, 2.05) is 7.05 Å². The van der Waals surface area contributed by atoms with Crippen molar-refractivity contribution in [1.29, 1.82) is 0 Å². The number of nitrogens with zero attached hydrogens (tertiary/aromatic N) is 1. The van der Waals surface area contributed by atoms with Gasteiger partial charge in [-0.05, 0) is 38.2 Å². The maximum Gasteiger partial charge on any atom is 0.191 e. The number of benzene rings is 1. The molecule has 0 amide bonds. The van der Waals surface area contributed by atoms with Gasteiger partial charge in [-0.25, -0.2) is 0 Å². The van der Waals surface area contributed by atoms with Gasteiger partial charge < -0.3 is 20.1 Å². The van der Waals surface area contributed by atoms with Crippen LogP contribution in [0.4, 0.5) is 0 Å². The topological polar surface area (TPSA) is 54.9 Å². The van der Waals surface area contributed by atoms with E-state index in [1.54, 1.807) is 7.11 Å². The molecule has 5 heteroatoms. The Morgan fingerprint density at radius 2 is 2.00 bits per heavy atom. The summed E-state index contributed by atoms with van der Waals surface area (Å²) in [4.78, 5) is 4.39. The van der Waals surface area contributed by atoms with Gasteiger partial charge in [-0.1, -0.05) is 31.5 Å². The first-order valence-electron chi connectivity index (χ1n) is 9.68. The molecule has 2 rings (SSSR count). The Bertz CT molecular complexity index is 593. The maximum absolute atomic E-state index is 5.69. The Labute approximate surface area is 158 Å². The molecule has 1 aromatic carbocycles. The van der Waals surface area contributed by atoms with Crippen LogP contribution in [0.3, 0.4) is 0 Å². The third-order valence-electron chi connectivity index (χ3n) is 5.21. The molecule has 26 heavy (non-hydrogen) atoms. The lowest BCUT2D eigenvalue weighted by Crippen LogP contribution is -2.48. The highest BCUT2D eigenvalue weighted by Crippen LogP contribution is 2.40. The molecule has 0 aromatic heterocycles. The summed E-state index contributed by atoms with van der Waals surface area (Å²) in [5.41, 5.74) is 2.52. The van der Waals surface area contributed by atoms with Gasteiger partial charge in [0.1, 0.15) is 5.75 Å². The summed E-state index contributed by atoms with van der Waals surface area (Å²) in [5.74, 6) is 2.50. The standard InChI is InChI=1S/C21H35N3O2/c1-16(2)8-11-23-20(22-4)24-15-21(9-12-26-13-10-21)18-14-17(3)6-7-19(18)25-5/h6-7,14,16H,8-13,15H2,1-5H3,(H2,22,23,24). The third kappa shape index (κ3) is 5.37. The SMILES string of the molecule is CN=C(NCCC(C)C)NCC1(c2cc(C)ccc2OC)CCOCC1. The van der Waals surface area contributed by atoms with E-state index >= 15 is 0 Å². The van der Waals surface area contributed by atoms with Crippen molar-refractivity contribution in [1.82, 2.24) is 10.6 Å². The molecule has 1 fully saturated rings. The summed E-state index contributed by atoms with van der Waals surface area (Å²) < 4.78 is 11.3. The molecule has 1 saturated heterocycles. The first-order chi connectivity index (χ1) is 12.5. The smallest absolute Gasteiger partial charge is 0.191 e. The highest BCUT2D eigenvalue weighted by atomic mass is 16.5. The van der Waals surface area contributed by atoms with Gasteiger partial charge in [0, 0.05) is 44.3 Å². The fraction of sp³-hybridized carbons (Fsp3) is 0.667. The van der Waals surface area contributed by atoms with Gasteiger partial charge in [0.25, 0.3) is 0 Å². The Kier molecular flexibility index (Phi) is 7.76. The largest absolute Gasteiger partial charge is 0.496 e. The number of methoxy groups -OCH3 is 1. The molecule has 0 unspecified atom stereocenters. The van der Waals surface area contributed by atoms with Crippen LogP contribution < -0.4 is 15.4 Å². The van der Waals surface area contributed by atoms with Crippen LogP contribution >= 0.6 is 0 Å². The molecule has 1 aliphatic rings. The predicted octanol–water partition coefficient (Wildman–Crippen LogP) is 3.26. The second-order valence-corrected chi connectivity index (χ2v) is 7.63. The van der Waals surface area contributed by atoms with E-state index in [1.165, 1.54) is 11.1 Å². The molecule has 0 radical (unpaired) electrons. The monoisotopic (exact) mass is 361 g/mol. The molecular weight excluding hydrogens is 326 g/mol. The molecule has 1 aromatic rings. The normalized spacial score (nSPS) is 17.2. The van der Waals surface area contributed by atoms with Gasteiger partial charge in [-0.3, -0.25) is 4.99 Å². The molecule has 5 nitrogen and oxygen atoms in total. The van der Waals surface area contributed by atoms with E-state index in [0.29, 0.717) is 5.92 Å². The quantitative estimate of drug-likeness (QED) is 0.578. The minimum atomic E-state index is -0.00865. The van der Waals surface area contributed by atoms with Gasteiger partial charge in [-0.2, -0.15) is 0 Å². The van der Waals surface area contributed by atoms with Gasteiger partial charge >= 0.3 is 0 Å². The van der Waals surface area contributed by atoms with Gasteiger partial charge in [0.05, 0.1) is 7.11 Å². The van der Waals surface area contributed by atoms with Crippen molar-refractivity contribution in [3.05, 3.63) is 29.3 Å². The van der Waals surface area contributed by atoms with Gasteiger partial charge in [0.2, 0.25) is 0 Å². The van der Waals surface area contributed by atoms with Crippen molar-refractivity contribution in [3.8, 4) is 5.75 Å². The summed E-state index contributed by atoms with van der Waals surface area (Å²) >= 11 is 0. The van der Waals surface area contributed by atoms with E-state index in [2.05, 4.69) is 54.6 Å². The molecule has 146 valence electrons. The minimum Gasteiger partial charge on any atom is -0.496 e. The first kappa shape index (κ1) is 20.6. The van der Waals surface area contributed by atoms with Crippen LogP contribution in [-0.4, -0.2) is 46.4 Å². The highest BCUT2D eigenvalue weighted by molar-refractivity contribution is 5.79. The van der Waals surface area contributed by atoms with Crippen molar-refractivity contribution in [2.24, 2.45) is 10.9 Å². The van der Waals surface area contributed by atoms with Crippen LogP contribution in [0, 0.1) is 12.8 Å². The van der Waals surface area contributed by atoms with Gasteiger partial charge in [-0.15, -0.1) is 0 Å². The zero-order chi connectivity index (χ0) is 19.0. The van der Waals surface area contributed by atoms with Crippen LogP contribution in [0.25, 0.3) is 0 Å². The van der Waals surface area contributed by atoms with Crippen LogP contribution in [0.5, 0.6) is 5.75 Å². The molecule has 0 bridgehead atoms. The minimum absolute atomic E-state index is 0.00865. The van der Waals surface area contributed by atoms with Crippen molar-refractivity contribution in [2.75, 3.05) is 40.5 Å². The van der Waals surface area contributed by atoms with Crippen molar-refractivity contribution in [3.63, 3.8) is 0 Å². The summed E-state index contributed by atoms with van der Waals surface area (Å²) in [6, 6.07) is 6.45. The number of ether oxygens (including phenoxy) is 2. The fourth-order valence-electron chi connectivity index (χ4n) is 3.49. The second kappa shape index (κ2) is 9.81. The van der Waals surface area contributed by atoms with E-state index in [0.717, 1.165) is 57.3 Å². The van der Waals surface area contributed by atoms with Crippen molar-refractivity contribution < 1.29 is 9.47 Å². The summed E-state index contributed by atoms with van der Waals surface area (Å²) in [5, 5.41) is 6.98. The zero-order valence-corrected chi connectivity index (χ0v) is 17.0. The van der Waals surface area contributed by atoms with Crippen LogP contribution in [0.1, 0.15) is 44.2 Å². The number of guanidine groups is 1. The van der Waals surface area contributed by atoms with E-state index in [9.17, 15) is 0 Å². The van der Waals surface area contributed by atoms with Crippen LogP contribution in [-0.2, 0) is 10.2 Å². The molecule has 0 spiro atoms. The van der Waals surface area contributed by atoms with E-state index in [-0.39, 0.29) is 5.41 Å². The summed E-state index contributed by atoms with van der Waals surface area (Å²) in [6.07, 6.45) is 3.08. The lowest BCUT2D eigenvalue weighted by molar-refractivity contribution is 0.0505. The third-order valence-corrected chi connectivity index (χ3v) is 5.21. The Hall–Kier alpha value is -1.75. The number of hydrogen-bond donors (Lipinski definition) is 2. The van der Waals surface area contributed by atoms with Gasteiger partial charge in [0.15, 0.2) is 5.96 Å². The number of rotatable bonds is 7. The van der Waals surface area contributed by atoms with Crippen molar-refractivity contribution in [2.45, 2.75) is 45.4 Å². The second-order valence-electron chi connectivity index (χ2n) is 7.63. The summed E-state index contributed by atoms with van der Waals surface area (Å²) in [7, 11) is 3.58. The number of nitrogens with one attached hydrogen (secondary N) is 2. The first-order valence-corrected chi connectivity index (χ1v) is 9.68. The highest BCUT2D eigenvalue weighted by Gasteiger charge is 2.37. The maximum atomic E-state index is 5.69. The molecule has 0 aliphatic carbocycles.